The van der Waals surface area contributed by atoms with Crippen molar-refractivity contribution < 1.29 is 9.63 Å². The lowest BCUT2D eigenvalue weighted by atomic mass is 10.2. The van der Waals surface area contributed by atoms with E-state index in [2.05, 4.69) is 42.4 Å². The van der Waals surface area contributed by atoms with Crippen molar-refractivity contribution in [3.05, 3.63) is 36.2 Å². The smallest absolute Gasteiger partial charge is 0.321 e. The fraction of sp³-hybridized carbons (Fsp3) is 0.478. The van der Waals surface area contributed by atoms with Gasteiger partial charge >= 0.3 is 6.03 Å². The zero-order valence-electron chi connectivity index (χ0n) is 19.7. The van der Waals surface area contributed by atoms with Gasteiger partial charge in [-0.25, -0.2) is 14.8 Å². The molecule has 3 heterocycles. The maximum absolute atomic E-state index is 12.7. The summed E-state index contributed by atoms with van der Waals surface area (Å²) >= 11 is 0. The van der Waals surface area contributed by atoms with Crippen molar-refractivity contribution in [2.24, 2.45) is 5.16 Å². The number of nitrogens with zero attached hydrogens (tertiary/aromatic N) is 6. The molecule has 0 bridgehead atoms. The number of carbonyl (C=O) groups excluding carboxylic acids is 1. The van der Waals surface area contributed by atoms with Gasteiger partial charge in [-0.2, -0.15) is 0 Å². The molecule has 3 N–H and O–H groups in total. The average molecular weight is 455 g/mol. The minimum Gasteiger partial charge on any atom is -0.399 e. The van der Waals surface area contributed by atoms with Crippen molar-refractivity contribution in [3.8, 4) is 0 Å². The number of nitrogens with one attached hydrogen (secondary N) is 1. The Kier molecular flexibility index (Phi) is 8.68. The molecule has 4 rings (SSSR count). The molecule has 0 saturated carbocycles. The molecule has 2 saturated heterocycles. The molecule has 2 fully saturated rings. The number of hydrogen-bond donors (Lipinski definition) is 2. The van der Waals surface area contributed by atoms with Gasteiger partial charge in [0.2, 0.25) is 0 Å². The van der Waals surface area contributed by atoms with E-state index in [4.69, 9.17) is 10.6 Å². The Morgan fingerprint density at radius 3 is 2.33 bits per heavy atom. The van der Waals surface area contributed by atoms with E-state index >= 15 is 0 Å². The molecule has 2 aliphatic heterocycles. The summed E-state index contributed by atoms with van der Waals surface area (Å²) in [4.78, 5) is 32.1. The first-order valence-corrected chi connectivity index (χ1v) is 11.5. The molecular weight excluding hydrogens is 420 g/mol. The Morgan fingerprint density at radius 1 is 1.03 bits per heavy atom. The lowest BCUT2D eigenvalue weighted by Crippen LogP contribution is -2.50. The van der Waals surface area contributed by atoms with E-state index in [-0.39, 0.29) is 6.03 Å². The molecule has 0 unspecified atom stereocenters. The largest absolute Gasteiger partial charge is 0.399 e. The Morgan fingerprint density at radius 2 is 1.70 bits per heavy atom. The fourth-order valence-electron chi connectivity index (χ4n) is 3.94. The standard InChI is InChI=1S/C21H28N8O2.C2H6/c1-31-25-14-18-19(22)23-15-24-20(18)28-10-12-29(13-11-28)21(30)26-16-4-6-17(7-5-16)27-8-2-3-9-27;1-2/h4-7,14-15H,2-3,8-13H2,1H3,(H,26,30)(H2,22,23,24);1-2H3/b25-14+;. The van der Waals surface area contributed by atoms with Gasteiger partial charge < -0.3 is 30.6 Å². The summed E-state index contributed by atoms with van der Waals surface area (Å²) < 4.78 is 0. The van der Waals surface area contributed by atoms with Crippen LogP contribution in [0.2, 0.25) is 0 Å². The molecule has 1 aromatic carbocycles. The Bertz CT molecular complexity index is 921. The number of rotatable bonds is 5. The van der Waals surface area contributed by atoms with Crippen molar-refractivity contribution >= 4 is 35.3 Å². The normalized spacial score (nSPS) is 15.9. The molecule has 2 aromatic rings. The van der Waals surface area contributed by atoms with E-state index in [0.29, 0.717) is 43.4 Å². The van der Waals surface area contributed by atoms with E-state index < -0.39 is 0 Å². The first-order chi connectivity index (χ1) is 16.2. The first kappa shape index (κ1) is 24.1. The molecule has 0 radical (unpaired) electrons. The van der Waals surface area contributed by atoms with Crippen LogP contribution in [-0.4, -0.2) is 73.5 Å². The number of oxime groups is 1. The topological polar surface area (TPSA) is 112 Å². The van der Waals surface area contributed by atoms with E-state index in [1.54, 1.807) is 4.90 Å². The van der Waals surface area contributed by atoms with Gasteiger partial charge in [-0.15, -0.1) is 0 Å². The second-order valence-electron chi connectivity index (χ2n) is 7.56. The number of amides is 2. The van der Waals surface area contributed by atoms with Crippen LogP contribution in [0.4, 0.5) is 27.8 Å². The second-order valence-corrected chi connectivity index (χ2v) is 7.56. The SMILES string of the molecule is CC.CO/N=C/c1c(N)ncnc1N1CCN(C(=O)Nc2ccc(N3CCCC3)cc2)CC1. The molecule has 10 nitrogen and oxygen atoms in total. The molecule has 0 atom stereocenters. The number of anilines is 4. The third kappa shape index (κ3) is 6.03. The predicted molar refractivity (Wildman–Crippen MR) is 133 cm³/mol. The molecule has 0 spiro atoms. The molecular formula is C23H34N8O2. The molecule has 10 heteroatoms. The Balaban J connectivity index is 0.00000149. The summed E-state index contributed by atoms with van der Waals surface area (Å²) in [6.07, 6.45) is 5.43. The summed E-state index contributed by atoms with van der Waals surface area (Å²) in [6, 6.07) is 7.97. The zero-order valence-corrected chi connectivity index (χ0v) is 19.7. The number of urea groups is 1. The minimum absolute atomic E-state index is 0.100. The quantitative estimate of drug-likeness (QED) is 0.527. The van der Waals surface area contributed by atoms with Crippen molar-refractivity contribution in [2.75, 3.05) is 67.2 Å². The fourth-order valence-corrected chi connectivity index (χ4v) is 3.94. The van der Waals surface area contributed by atoms with Crippen LogP contribution in [0.5, 0.6) is 0 Å². The monoisotopic (exact) mass is 454 g/mol. The van der Waals surface area contributed by atoms with Gasteiger partial charge in [0.05, 0.1) is 11.8 Å². The van der Waals surface area contributed by atoms with Crippen LogP contribution >= 0.6 is 0 Å². The van der Waals surface area contributed by atoms with Crippen LogP contribution in [0, 0.1) is 0 Å². The van der Waals surface area contributed by atoms with Gasteiger partial charge in [-0.05, 0) is 37.1 Å². The first-order valence-electron chi connectivity index (χ1n) is 11.5. The second kappa shape index (κ2) is 11.9. The van der Waals surface area contributed by atoms with E-state index in [0.717, 1.165) is 18.8 Å². The van der Waals surface area contributed by atoms with Crippen molar-refractivity contribution in [3.63, 3.8) is 0 Å². The number of benzene rings is 1. The van der Waals surface area contributed by atoms with Gasteiger partial charge in [0.15, 0.2) is 0 Å². The predicted octanol–water partition coefficient (Wildman–Crippen LogP) is 3.02. The lowest BCUT2D eigenvalue weighted by molar-refractivity contribution is 0.208. The van der Waals surface area contributed by atoms with E-state index in [1.165, 1.54) is 38.2 Å². The van der Waals surface area contributed by atoms with Gasteiger partial charge in [0.25, 0.3) is 0 Å². The van der Waals surface area contributed by atoms with Crippen molar-refractivity contribution in [1.82, 2.24) is 14.9 Å². The van der Waals surface area contributed by atoms with Crippen LogP contribution in [0.1, 0.15) is 32.3 Å². The van der Waals surface area contributed by atoms with Crippen molar-refractivity contribution in [1.29, 1.82) is 0 Å². The summed E-state index contributed by atoms with van der Waals surface area (Å²) in [7, 11) is 1.47. The van der Waals surface area contributed by atoms with Crippen LogP contribution in [-0.2, 0) is 4.84 Å². The molecule has 2 aliphatic rings. The van der Waals surface area contributed by atoms with Gasteiger partial charge in [-0.3, -0.25) is 0 Å². The van der Waals surface area contributed by atoms with Crippen LogP contribution in [0.25, 0.3) is 0 Å². The highest BCUT2D eigenvalue weighted by Crippen LogP contribution is 2.23. The number of aromatic nitrogens is 2. The third-order valence-electron chi connectivity index (χ3n) is 5.64. The maximum atomic E-state index is 12.7. The van der Waals surface area contributed by atoms with E-state index in [9.17, 15) is 4.79 Å². The highest BCUT2D eigenvalue weighted by atomic mass is 16.6. The van der Waals surface area contributed by atoms with E-state index in [1.807, 2.05) is 26.0 Å². The molecule has 2 amide bonds. The summed E-state index contributed by atoms with van der Waals surface area (Å²) in [5, 5.41) is 6.79. The molecule has 0 aliphatic carbocycles. The van der Waals surface area contributed by atoms with Gasteiger partial charge in [0.1, 0.15) is 25.1 Å². The maximum Gasteiger partial charge on any atom is 0.321 e. The number of piperazine rings is 1. The zero-order chi connectivity index (χ0) is 23.6. The Hall–Kier alpha value is -3.56. The number of carbonyl (C=O) groups is 1. The number of nitrogens with two attached hydrogens (primary N) is 1. The third-order valence-corrected chi connectivity index (χ3v) is 5.64. The summed E-state index contributed by atoms with van der Waals surface area (Å²) in [6.45, 7) is 8.61. The van der Waals surface area contributed by atoms with Gasteiger partial charge in [-0.1, -0.05) is 19.0 Å². The molecule has 1 aromatic heterocycles. The van der Waals surface area contributed by atoms with Crippen LogP contribution < -0.4 is 20.9 Å². The molecule has 33 heavy (non-hydrogen) atoms. The molecule has 178 valence electrons. The van der Waals surface area contributed by atoms with Crippen molar-refractivity contribution in [2.45, 2.75) is 26.7 Å². The van der Waals surface area contributed by atoms with Crippen LogP contribution in [0.3, 0.4) is 0 Å². The van der Waals surface area contributed by atoms with Gasteiger partial charge in [0, 0.05) is 50.6 Å². The average Bonchev–Trinajstić information content (AvgIpc) is 3.40. The number of hydrogen-bond acceptors (Lipinski definition) is 8. The Labute approximate surface area is 195 Å². The highest BCUT2D eigenvalue weighted by Gasteiger charge is 2.24. The lowest BCUT2D eigenvalue weighted by Gasteiger charge is -2.35. The van der Waals surface area contributed by atoms with Crippen LogP contribution in [0.15, 0.2) is 35.7 Å². The number of nitrogen functional groups attached to an aromatic ring is 1. The summed E-state index contributed by atoms with van der Waals surface area (Å²) in [5.41, 5.74) is 8.60. The summed E-state index contributed by atoms with van der Waals surface area (Å²) in [5.74, 6) is 1.02. The highest BCUT2D eigenvalue weighted by molar-refractivity contribution is 5.92. The minimum atomic E-state index is -0.100.